The molecule has 0 radical (unpaired) electrons. The summed E-state index contributed by atoms with van der Waals surface area (Å²) in [6.45, 7) is 12.1. The molecule has 4 aliphatic rings. The molecule has 0 spiro atoms. The first-order valence-corrected chi connectivity index (χ1v) is 15.3. The summed E-state index contributed by atoms with van der Waals surface area (Å²) in [5.74, 6) is 1.14. The van der Waals surface area contributed by atoms with E-state index >= 15 is 0 Å². The molecule has 5 rings (SSSR count). The van der Waals surface area contributed by atoms with Crippen molar-refractivity contribution < 1.29 is 14.3 Å². The summed E-state index contributed by atoms with van der Waals surface area (Å²) in [4.78, 5) is 33.4. The maximum atomic E-state index is 14.1. The number of likely N-dealkylation sites (N-methyl/N-ethyl adjacent to an activating group) is 1. The molecule has 2 amide bonds. The van der Waals surface area contributed by atoms with Crippen LogP contribution in [0.15, 0.2) is 24.3 Å². The predicted octanol–water partition coefficient (Wildman–Crippen LogP) is 6.19. The van der Waals surface area contributed by atoms with Crippen LogP contribution in [0.2, 0.25) is 5.02 Å². The van der Waals surface area contributed by atoms with Crippen molar-refractivity contribution in [2.75, 3.05) is 45.9 Å². The average molecular weight is 544 g/mol. The number of piperidine rings is 2. The van der Waals surface area contributed by atoms with Crippen molar-refractivity contribution in [1.82, 2.24) is 14.7 Å². The number of hydrogen-bond acceptors (Lipinski definition) is 4. The second kappa shape index (κ2) is 11.4. The van der Waals surface area contributed by atoms with Crippen LogP contribution >= 0.6 is 11.6 Å². The lowest BCUT2D eigenvalue weighted by molar-refractivity contribution is -0.141. The summed E-state index contributed by atoms with van der Waals surface area (Å²) in [6.07, 6.45) is 9.04. The van der Waals surface area contributed by atoms with Crippen molar-refractivity contribution in [3.63, 3.8) is 0 Å². The van der Waals surface area contributed by atoms with Crippen LogP contribution in [0.4, 0.5) is 4.79 Å². The number of hydrogen-bond donors (Lipinski definition) is 0. The number of halogens is 1. The number of amides is 2. The van der Waals surface area contributed by atoms with Crippen LogP contribution in [-0.2, 0) is 9.53 Å². The van der Waals surface area contributed by atoms with Gasteiger partial charge in [-0.15, -0.1) is 0 Å². The van der Waals surface area contributed by atoms with Gasteiger partial charge in [-0.05, 0) is 88.1 Å². The van der Waals surface area contributed by atoms with Crippen molar-refractivity contribution in [2.45, 2.75) is 83.6 Å². The van der Waals surface area contributed by atoms with E-state index < -0.39 is 0 Å². The second-order valence-corrected chi connectivity index (χ2v) is 13.4. The fourth-order valence-corrected chi connectivity index (χ4v) is 7.83. The third-order valence-electron chi connectivity index (χ3n) is 10.3. The summed E-state index contributed by atoms with van der Waals surface area (Å²) < 4.78 is 5.48. The number of carbonyl (C=O) groups is 2. The van der Waals surface area contributed by atoms with Gasteiger partial charge in [0.25, 0.3) is 0 Å². The van der Waals surface area contributed by atoms with Gasteiger partial charge in [0.1, 0.15) is 6.61 Å². The van der Waals surface area contributed by atoms with Crippen LogP contribution in [-0.4, -0.2) is 78.1 Å². The lowest BCUT2D eigenvalue weighted by Crippen LogP contribution is -2.56. The first-order valence-electron chi connectivity index (χ1n) is 14.9. The van der Waals surface area contributed by atoms with Crippen LogP contribution < -0.4 is 0 Å². The van der Waals surface area contributed by atoms with E-state index in [1.165, 1.54) is 37.7 Å². The Morgan fingerprint density at radius 1 is 1.03 bits per heavy atom. The van der Waals surface area contributed by atoms with Gasteiger partial charge in [-0.25, -0.2) is 4.79 Å². The molecule has 7 heteroatoms. The van der Waals surface area contributed by atoms with E-state index in [2.05, 4.69) is 42.7 Å². The fourth-order valence-electron chi connectivity index (χ4n) is 7.70. The molecule has 1 aliphatic carbocycles. The molecule has 6 nitrogen and oxygen atoms in total. The van der Waals surface area contributed by atoms with E-state index in [9.17, 15) is 9.59 Å². The molecule has 0 aromatic heterocycles. The molecule has 3 heterocycles. The van der Waals surface area contributed by atoms with Crippen LogP contribution in [0.25, 0.3) is 0 Å². The van der Waals surface area contributed by atoms with E-state index in [0.29, 0.717) is 18.4 Å². The van der Waals surface area contributed by atoms with Gasteiger partial charge >= 0.3 is 6.09 Å². The van der Waals surface area contributed by atoms with E-state index in [1.54, 1.807) is 0 Å². The zero-order chi connectivity index (χ0) is 26.9. The molecule has 4 fully saturated rings. The Morgan fingerprint density at radius 2 is 1.71 bits per heavy atom. The molecule has 3 aliphatic heterocycles. The molecule has 0 bridgehead atoms. The maximum absolute atomic E-state index is 14.1. The topological polar surface area (TPSA) is 53.1 Å². The van der Waals surface area contributed by atoms with E-state index in [-0.39, 0.29) is 28.9 Å². The van der Waals surface area contributed by atoms with E-state index in [0.717, 1.165) is 63.6 Å². The number of cyclic esters (lactones) is 1. The highest BCUT2D eigenvalue weighted by Crippen LogP contribution is 2.48. The Kier molecular flexibility index (Phi) is 8.31. The third kappa shape index (κ3) is 5.58. The quantitative estimate of drug-likeness (QED) is 0.429. The smallest absolute Gasteiger partial charge is 0.410 e. The molecule has 3 saturated heterocycles. The number of nitrogens with zero attached hydrogens (tertiary/aromatic N) is 3. The largest absolute Gasteiger partial charge is 0.447 e. The zero-order valence-electron chi connectivity index (χ0n) is 23.6. The normalized spacial score (nSPS) is 28.4. The summed E-state index contributed by atoms with van der Waals surface area (Å²) in [6, 6.07) is 8.11. The van der Waals surface area contributed by atoms with Gasteiger partial charge in [-0.3, -0.25) is 9.69 Å². The standard InChI is InChI=1S/C31H46ClN3O3/c1-4-33-17-14-26(27(20-33)23-10-12-25(32)13-11-23)28(36)34-18-15-31(16-19-34,24-8-6-5-7-9-24)21-35-29(37)38-22-30(35,2)3/h10-13,24,26-27H,4-9,14-22H2,1-3H3/t26-,27+/m1/s1. The van der Waals surface area contributed by atoms with Crippen LogP contribution in [0, 0.1) is 17.3 Å². The number of likely N-dealkylation sites (tertiary alicyclic amines) is 2. The SMILES string of the molecule is CCN1CC[C@@H](C(=O)N2CCC(CN3C(=O)OCC3(C)C)(C3CCCCC3)CC2)[C@H](c2ccc(Cl)cc2)C1. The first kappa shape index (κ1) is 27.8. The van der Waals surface area contributed by atoms with Crippen molar-refractivity contribution in [3.05, 3.63) is 34.9 Å². The molecule has 1 saturated carbocycles. The molecule has 210 valence electrons. The number of benzene rings is 1. The highest BCUT2D eigenvalue weighted by Gasteiger charge is 2.50. The van der Waals surface area contributed by atoms with Crippen LogP contribution in [0.3, 0.4) is 0 Å². The Hall–Kier alpha value is -1.79. The lowest BCUT2D eigenvalue weighted by Gasteiger charge is -2.51. The Balaban J connectivity index is 1.32. The highest BCUT2D eigenvalue weighted by molar-refractivity contribution is 6.30. The van der Waals surface area contributed by atoms with Crippen molar-refractivity contribution >= 4 is 23.6 Å². The maximum Gasteiger partial charge on any atom is 0.410 e. The van der Waals surface area contributed by atoms with Crippen molar-refractivity contribution in [2.24, 2.45) is 17.3 Å². The lowest BCUT2D eigenvalue weighted by atomic mass is 9.63. The first-order chi connectivity index (χ1) is 18.2. The number of ether oxygens (including phenoxy) is 1. The van der Waals surface area contributed by atoms with Crippen molar-refractivity contribution in [3.8, 4) is 0 Å². The fraction of sp³-hybridized carbons (Fsp3) is 0.742. The number of carbonyl (C=O) groups excluding carboxylic acids is 2. The minimum absolute atomic E-state index is 0.00801. The molecule has 38 heavy (non-hydrogen) atoms. The van der Waals surface area contributed by atoms with Crippen molar-refractivity contribution in [1.29, 1.82) is 0 Å². The van der Waals surface area contributed by atoms with Gasteiger partial charge in [0.2, 0.25) is 5.91 Å². The second-order valence-electron chi connectivity index (χ2n) is 12.9. The van der Waals surface area contributed by atoms with Gasteiger partial charge in [0, 0.05) is 43.0 Å². The van der Waals surface area contributed by atoms with Gasteiger partial charge in [0.15, 0.2) is 0 Å². The predicted molar refractivity (Wildman–Crippen MR) is 151 cm³/mol. The van der Waals surface area contributed by atoms with E-state index in [1.807, 2.05) is 17.0 Å². The van der Waals surface area contributed by atoms with Gasteiger partial charge in [0.05, 0.1) is 5.54 Å². The molecule has 2 atom stereocenters. The Morgan fingerprint density at radius 3 is 2.32 bits per heavy atom. The highest BCUT2D eigenvalue weighted by atomic mass is 35.5. The zero-order valence-corrected chi connectivity index (χ0v) is 24.3. The average Bonchev–Trinajstić information content (AvgIpc) is 3.20. The molecule has 0 unspecified atom stereocenters. The number of rotatable bonds is 6. The van der Waals surface area contributed by atoms with Gasteiger partial charge in [-0.1, -0.05) is 49.9 Å². The Bertz CT molecular complexity index is 983. The Labute approximate surface area is 234 Å². The summed E-state index contributed by atoms with van der Waals surface area (Å²) in [5.41, 5.74) is 1.01. The van der Waals surface area contributed by atoms with Gasteiger partial charge in [-0.2, -0.15) is 0 Å². The summed E-state index contributed by atoms with van der Waals surface area (Å²) in [7, 11) is 0. The van der Waals surface area contributed by atoms with E-state index in [4.69, 9.17) is 16.3 Å². The minimum atomic E-state index is -0.273. The molecule has 1 aromatic rings. The third-order valence-corrected chi connectivity index (χ3v) is 10.5. The molecular formula is C31H46ClN3O3. The molecular weight excluding hydrogens is 498 g/mol. The molecule has 1 aromatic carbocycles. The molecule has 0 N–H and O–H groups in total. The minimum Gasteiger partial charge on any atom is -0.447 e. The summed E-state index contributed by atoms with van der Waals surface area (Å²) in [5, 5.41) is 0.736. The monoisotopic (exact) mass is 543 g/mol. The van der Waals surface area contributed by atoms with Gasteiger partial charge < -0.3 is 14.5 Å². The van der Waals surface area contributed by atoms with Crippen LogP contribution in [0.5, 0.6) is 0 Å². The summed E-state index contributed by atoms with van der Waals surface area (Å²) >= 11 is 6.19. The van der Waals surface area contributed by atoms with Crippen LogP contribution in [0.1, 0.15) is 83.6 Å².